The highest BCUT2D eigenvalue weighted by atomic mass is 32.1. The van der Waals surface area contributed by atoms with Crippen LogP contribution in [-0.4, -0.2) is 31.1 Å². The van der Waals surface area contributed by atoms with E-state index in [-0.39, 0.29) is 0 Å². The molecule has 2 rings (SSSR count). The SMILES string of the molecule is CN=C(NCCc1csc(C)n1)NCCC1CCCCC1. The average Bonchev–Trinajstić information content (AvgIpc) is 2.92. The number of hydrogen-bond donors (Lipinski definition) is 2. The summed E-state index contributed by atoms with van der Waals surface area (Å²) >= 11 is 1.71. The minimum atomic E-state index is 0.881. The van der Waals surface area contributed by atoms with Crippen molar-refractivity contribution < 1.29 is 0 Å². The summed E-state index contributed by atoms with van der Waals surface area (Å²) < 4.78 is 0. The normalized spacial score (nSPS) is 17.0. The van der Waals surface area contributed by atoms with E-state index in [0.717, 1.165) is 36.4 Å². The number of aryl methyl sites for hydroxylation is 1. The molecule has 4 nitrogen and oxygen atoms in total. The Bertz CT molecular complexity index is 435. The minimum absolute atomic E-state index is 0.881. The van der Waals surface area contributed by atoms with E-state index in [0.29, 0.717) is 0 Å². The molecule has 1 aromatic heterocycles. The van der Waals surface area contributed by atoms with Crippen molar-refractivity contribution in [1.29, 1.82) is 0 Å². The van der Waals surface area contributed by atoms with Crippen molar-refractivity contribution >= 4 is 17.3 Å². The van der Waals surface area contributed by atoms with Crippen molar-refractivity contribution in [3.63, 3.8) is 0 Å². The molecular weight excluding hydrogens is 280 g/mol. The average molecular weight is 308 g/mol. The number of nitrogens with zero attached hydrogens (tertiary/aromatic N) is 2. The summed E-state index contributed by atoms with van der Waals surface area (Å²) in [5.74, 6) is 1.83. The molecule has 21 heavy (non-hydrogen) atoms. The lowest BCUT2D eigenvalue weighted by atomic mass is 9.87. The molecule has 0 unspecified atom stereocenters. The maximum absolute atomic E-state index is 4.47. The fourth-order valence-corrected chi connectivity index (χ4v) is 3.57. The van der Waals surface area contributed by atoms with Crippen molar-refractivity contribution in [2.45, 2.75) is 51.9 Å². The van der Waals surface area contributed by atoms with Crippen LogP contribution in [0.25, 0.3) is 0 Å². The first kappa shape index (κ1) is 16.3. The topological polar surface area (TPSA) is 49.3 Å². The van der Waals surface area contributed by atoms with Crippen molar-refractivity contribution in [1.82, 2.24) is 15.6 Å². The zero-order valence-electron chi connectivity index (χ0n) is 13.3. The van der Waals surface area contributed by atoms with Crippen LogP contribution in [0.4, 0.5) is 0 Å². The zero-order chi connectivity index (χ0) is 14.9. The van der Waals surface area contributed by atoms with Crippen LogP contribution in [0.5, 0.6) is 0 Å². The second-order valence-electron chi connectivity index (χ2n) is 5.83. The van der Waals surface area contributed by atoms with Crippen LogP contribution < -0.4 is 10.6 Å². The van der Waals surface area contributed by atoms with Gasteiger partial charge in [0.1, 0.15) is 0 Å². The van der Waals surface area contributed by atoms with Gasteiger partial charge in [0.25, 0.3) is 0 Å². The third-order valence-electron chi connectivity index (χ3n) is 4.13. The maximum Gasteiger partial charge on any atom is 0.190 e. The van der Waals surface area contributed by atoms with E-state index in [2.05, 4.69) is 26.0 Å². The van der Waals surface area contributed by atoms with Crippen LogP contribution in [0.2, 0.25) is 0 Å². The molecule has 5 heteroatoms. The van der Waals surface area contributed by atoms with Gasteiger partial charge >= 0.3 is 0 Å². The first-order valence-corrected chi connectivity index (χ1v) is 9.01. The summed E-state index contributed by atoms with van der Waals surface area (Å²) in [4.78, 5) is 8.76. The molecule has 1 saturated carbocycles. The Morgan fingerprint density at radius 2 is 2.05 bits per heavy atom. The lowest BCUT2D eigenvalue weighted by Gasteiger charge is -2.22. The number of aromatic nitrogens is 1. The van der Waals surface area contributed by atoms with E-state index in [1.807, 2.05) is 14.0 Å². The number of aliphatic imine (C=N–C) groups is 1. The third kappa shape index (κ3) is 6.04. The molecule has 0 radical (unpaired) electrons. The summed E-state index contributed by atoms with van der Waals surface area (Å²) in [7, 11) is 1.84. The molecule has 0 spiro atoms. The van der Waals surface area contributed by atoms with Crippen LogP contribution in [0.1, 0.15) is 49.2 Å². The second kappa shape index (κ2) is 9.03. The zero-order valence-corrected chi connectivity index (χ0v) is 14.1. The monoisotopic (exact) mass is 308 g/mol. The number of guanidine groups is 1. The highest BCUT2D eigenvalue weighted by Gasteiger charge is 2.12. The standard InChI is InChI=1S/C16H28N4S/c1-13-20-15(12-21-13)9-11-19-16(17-2)18-10-8-14-6-4-3-5-7-14/h12,14H,3-11H2,1-2H3,(H2,17,18,19). The fraction of sp³-hybridized carbons (Fsp3) is 0.750. The van der Waals surface area contributed by atoms with Crippen molar-refractivity contribution in [3.8, 4) is 0 Å². The highest BCUT2D eigenvalue weighted by Crippen LogP contribution is 2.25. The van der Waals surface area contributed by atoms with Gasteiger partial charge in [-0.05, 0) is 19.3 Å². The maximum atomic E-state index is 4.47. The molecule has 0 atom stereocenters. The van der Waals surface area contributed by atoms with Crippen LogP contribution in [-0.2, 0) is 6.42 Å². The Labute approximate surface area is 132 Å². The molecule has 1 aliphatic carbocycles. The van der Waals surface area contributed by atoms with Crippen LogP contribution in [0.3, 0.4) is 0 Å². The van der Waals surface area contributed by atoms with E-state index < -0.39 is 0 Å². The molecule has 0 aliphatic heterocycles. The molecule has 1 fully saturated rings. The van der Waals surface area contributed by atoms with Gasteiger partial charge < -0.3 is 10.6 Å². The minimum Gasteiger partial charge on any atom is -0.356 e. The molecular formula is C16H28N4S. The summed E-state index contributed by atoms with van der Waals surface area (Å²) in [5, 5.41) is 10.1. The largest absolute Gasteiger partial charge is 0.356 e. The highest BCUT2D eigenvalue weighted by molar-refractivity contribution is 7.09. The Balaban J connectivity index is 1.59. The quantitative estimate of drug-likeness (QED) is 0.627. The Hall–Kier alpha value is -1.10. The van der Waals surface area contributed by atoms with Crippen LogP contribution in [0, 0.1) is 12.8 Å². The van der Waals surface area contributed by atoms with E-state index in [9.17, 15) is 0 Å². The van der Waals surface area contributed by atoms with Gasteiger partial charge in [0.05, 0.1) is 10.7 Å². The van der Waals surface area contributed by atoms with Crippen LogP contribution in [0.15, 0.2) is 10.4 Å². The Morgan fingerprint density at radius 1 is 1.29 bits per heavy atom. The van der Waals surface area contributed by atoms with E-state index in [4.69, 9.17) is 0 Å². The molecule has 1 aromatic rings. The molecule has 0 amide bonds. The Morgan fingerprint density at radius 3 is 2.71 bits per heavy atom. The second-order valence-corrected chi connectivity index (χ2v) is 6.89. The van der Waals surface area contributed by atoms with Crippen molar-refractivity contribution in [2.24, 2.45) is 10.9 Å². The van der Waals surface area contributed by atoms with E-state index >= 15 is 0 Å². The lowest BCUT2D eigenvalue weighted by Crippen LogP contribution is -2.39. The van der Waals surface area contributed by atoms with E-state index in [1.54, 1.807) is 11.3 Å². The number of rotatable bonds is 6. The molecule has 0 bridgehead atoms. The predicted molar refractivity (Wildman–Crippen MR) is 91.1 cm³/mol. The summed E-state index contributed by atoms with van der Waals surface area (Å²) in [6.07, 6.45) is 9.33. The van der Waals surface area contributed by atoms with Gasteiger partial charge in [-0.25, -0.2) is 4.98 Å². The first-order chi connectivity index (χ1) is 10.3. The van der Waals surface area contributed by atoms with Gasteiger partial charge in [0, 0.05) is 31.9 Å². The lowest BCUT2D eigenvalue weighted by molar-refractivity contribution is 0.339. The van der Waals surface area contributed by atoms with Gasteiger partial charge in [0.15, 0.2) is 5.96 Å². The molecule has 2 N–H and O–H groups in total. The number of hydrogen-bond acceptors (Lipinski definition) is 3. The van der Waals surface area contributed by atoms with Crippen LogP contribution >= 0.6 is 11.3 Å². The molecule has 0 aromatic carbocycles. The first-order valence-electron chi connectivity index (χ1n) is 8.13. The van der Waals surface area contributed by atoms with Crippen molar-refractivity contribution in [2.75, 3.05) is 20.1 Å². The summed E-state index contributed by atoms with van der Waals surface area (Å²) in [6, 6.07) is 0. The van der Waals surface area contributed by atoms with Gasteiger partial charge in [0.2, 0.25) is 0 Å². The predicted octanol–water partition coefficient (Wildman–Crippen LogP) is 3.13. The smallest absolute Gasteiger partial charge is 0.190 e. The van der Waals surface area contributed by atoms with Crippen molar-refractivity contribution in [3.05, 3.63) is 16.1 Å². The number of thiazole rings is 1. The Kier molecular flexibility index (Phi) is 7.00. The molecule has 0 saturated heterocycles. The van der Waals surface area contributed by atoms with Gasteiger partial charge in [-0.15, -0.1) is 11.3 Å². The third-order valence-corrected chi connectivity index (χ3v) is 4.96. The molecule has 1 heterocycles. The van der Waals surface area contributed by atoms with E-state index in [1.165, 1.54) is 44.2 Å². The number of nitrogens with one attached hydrogen (secondary N) is 2. The molecule has 118 valence electrons. The van der Waals surface area contributed by atoms with Gasteiger partial charge in [-0.3, -0.25) is 4.99 Å². The summed E-state index contributed by atoms with van der Waals surface area (Å²) in [5.41, 5.74) is 1.17. The fourth-order valence-electron chi connectivity index (χ4n) is 2.92. The van der Waals surface area contributed by atoms with Gasteiger partial charge in [-0.1, -0.05) is 32.1 Å². The summed E-state index contributed by atoms with van der Waals surface area (Å²) in [6.45, 7) is 3.96. The van der Waals surface area contributed by atoms with Gasteiger partial charge in [-0.2, -0.15) is 0 Å². The molecule has 1 aliphatic rings.